The molecule has 1 aromatic rings. The van der Waals surface area contributed by atoms with E-state index in [1.54, 1.807) is 6.07 Å². The largest absolute Gasteiger partial charge is 0.416 e. The second kappa shape index (κ2) is 5.63. The van der Waals surface area contributed by atoms with E-state index in [9.17, 15) is 18.0 Å². The van der Waals surface area contributed by atoms with Crippen LogP contribution in [0.3, 0.4) is 0 Å². The molecule has 2 rings (SSSR count). The van der Waals surface area contributed by atoms with Crippen LogP contribution in [0.5, 0.6) is 0 Å². The Labute approximate surface area is 110 Å². The minimum Gasteiger partial charge on any atom is -0.356 e. The Bertz CT molecular complexity index is 456. The van der Waals surface area contributed by atoms with Crippen LogP contribution in [-0.4, -0.2) is 12.5 Å². The molecular formula is C14H16F3NO. The van der Waals surface area contributed by atoms with Crippen molar-refractivity contribution in [2.75, 3.05) is 6.54 Å². The van der Waals surface area contributed by atoms with E-state index in [0.29, 0.717) is 18.5 Å². The highest BCUT2D eigenvalue weighted by Gasteiger charge is 2.30. The maximum absolute atomic E-state index is 12.6. The molecule has 19 heavy (non-hydrogen) atoms. The quantitative estimate of drug-likeness (QED) is 0.879. The van der Waals surface area contributed by atoms with E-state index in [-0.39, 0.29) is 11.8 Å². The van der Waals surface area contributed by atoms with Crippen molar-refractivity contribution in [3.05, 3.63) is 35.4 Å². The van der Waals surface area contributed by atoms with E-state index < -0.39 is 11.7 Å². The SMILES string of the molecule is O=C1NCCCCC1Cc1cccc(C(F)(F)F)c1. The van der Waals surface area contributed by atoms with E-state index in [4.69, 9.17) is 0 Å². The number of amides is 1. The summed E-state index contributed by atoms with van der Waals surface area (Å²) in [7, 11) is 0. The number of hydrogen-bond donors (Lipinski definition) is 1. The molecule has 1 atom stereocenters. The van der Waals surface area contributed by atoms with Crippen molar-refractivity contribution in [1.29, 1.82) is 0 Å². The molecule has 0 aromatic heterocycles. The molecule has 5 heteroatoms. The molecule has 1 aliphatic rings. The molecule has 1 aromatic carbocycles. The van der Waals surface area contributed by atoms with Crippen molar-refractivity contribution in [2.24, 2.45) is 5.92 Å². The van der Waals surface area contributed by atoms with Crippen LogP contribution in [0.25, 0.3) is 0 Å². The summed E-state index contributed by atoms with van der Waals surface area (Å²) < 4.78 is 37.8. The highest BCUT2D eigenvalue weighted by atomic mass is 19.4. The van der Waals surface area contributed by atoms with Gasteiger partial charge in [-0.25, -0.2) is 0 Å². The number of nitrogens with one attached hydrogen (secondary N) is 1. The summed E-state index contributed by atoms with van der Waals surface area (Å²) in [5.41, 5.74) is -0.0871. The van der Waals surface area contributed by atoms with Crippen LogP contribution in [0.4, 0.5) is 13.2 Å². The average Bonchev–Trinajstić information content (AvgIpc) is 2.54. The van der Waals surface area contributed by atoms with Crippen molar-refractivity contribution in [3.8, 4) is 0 Å². The zero-order valence-electron chi connectivity index (χ0n) is 10.5. The standard InChI is InChI=1S/C14H16F3NO/c15-14(16,17)12-6-3-4-10(9-12)8-11-5-1-2-7-18-13(11)19/h3-4,6,9,11H,1-2,5,7-8H2,(H,18,19). The molecule has 0 spiro atoms. The monoisotopic (exact) mass is 271 g/mol. The Kier molecular flexibility index (Phi) is 4.12. The van der Waals surface area contributed by atoms with Crippen molar-refractivity contribution in [3.63, 3.8) is 0 Å². The fourth-order valence-corrected chi connectivity index (χ4v) is 2.36. The lowest BCUT2D eigenvalue weighted by Gasteiger charge is -2.14. The molecule has 0 radical (unpaired) electrons. The first-order valence-electron chi connectivity index (χ1n) is 6.40. The van der Waals surface area contributed by atoms with Crippen molar-refractivity contribution in [1.82, 2.24) is 5.32 Å². The van der Waals surface area contributed by atoms with Gasteiger partial charge < -0.3 is 5.32 Å². The van der Waals surface area contributed by atoms with Gasteiger partial charge in [0.15, 0.2) is 0 Å². The van der Waals surface area contributed by atoms with Crippen LogP contribution in [0.15, 0.2) is 24.3 Å². The van der Waals surface area contributed by atoms with Gasteiger partial charge in [-0.05, 0) is 30.9 Å². The van der Waals surface area contributed by atoms with Crippen LogP contribution in [-0.2, 0) is 17.4 Å². The minimum absolute atomic E-state index is 0.0464. The Morgan fingerprint density at radius 1 is 1.26 bits per heavy atom. The Balaban J connectivity index is 2.12. The predicted molar refractivity (Wildman–Crippen MR) is 65.5 cm³/mol. The van der Waals surface area contributed by atoms with Gasteiger partial charge in [-0.3, -0.25) is 4.79 Å². The molecule has 104 valence electrons. The first kappa shape index (κ1) is 13.9. The number of carbonyl (C=O) groups is 1. The molecule has 1 unspecified atom stereocenters. The lowest BCUT2D eigenvalue weighted by molar-refractivity contribution is -0.137. The zero-order valence-corrected chi connectivity index (χ0v) is 10.5. The van der Waals surface area contributed by atoms with Gasteiger partial charge in [-0.2, -0.15) is 13.2 Å². The fourth-order valence-electron chi connectivity index (χ4n) is 2.36. The maximum Gasteiger partial charge on any atom is 0.416 e. The number of benzene rings is 1. The second-order valence-corrected chi connectivity index (χ2v) is 4.89. The Hall–Kier alpha value is -1.52. The first-order valence-corrected chi connectivity index (χ1v) is 6.40. The predicted octanol–water partition coefficient (Wildman–Crippen LogP) is 3.16. The average molecular weight is 271 g/mol. The van der Waals surface area contributed by atoms with Gasteiger partial charge in [0.25, 0.3) is 0 Å². The third kappa shape index (κ3) is 3.72. The molecule has 1 amide bonds. The fraction of sp³-hybridized carbons (Fsp3) is 0.500. The van der Waals surface area contributed by atoms with Crippen LogP contribution < -0.4 is 5.32 Å². The van der Waals surface area contributed by atoms with E-state index in [2.05, 4.69) is 5.32 Å². The summed E-state index contributed by atoms with van der Waals surface area (Å²) in [6.07, 6.45) is -1.35. The molecule has 1 fully saturated rings. The van der Waals surface area contributed by atoms with E-state index >= 15 is 0 Å². The summed E-state index contributed by atoms with van der Waals surface area (Å²) in [5.74, 6) is -0.263. The summed E-state index contributed by atoms with van der Waals surface area (Å²) in [6.45, 7) is 0.665. The molecule has 0 bridgehead atoms. The van der Waals surface area contributed by atoms with Crippen LogP contribution >= 0.6 is 0 Å². The highest BCUT2D eigenvalue weighted by Crippen LogP contribution is 2.30. The lowest BCUT2D eigenvalue weighted by Crippen LogP contribution is -2.30. The van der Waals surface area contributed by atoms with Crippen LogP contribution in [0.1, 0.15) is 30.4 Å². The molecule has 1 N–H and O–H groups in total. The number of alkyl halides is 3. The second-order valence-electron chi connectivity index (χ2n) is 4.89. The van der Waals surface area contributed by atoms with Gasteiger partial charge in [0.1, 0.15) is 0 Å². The molecule has 1 aliphatic heterocycles. The van der Waals surface area contributed by atoms with Gasteiger partial charge >= 0.3 is 6.18 Å². The van der Waals surface area contributed by atoms with Gasteiger partial charge in [-0.1, -0.05) is 24.6 Å². The summed E-state index contributed by atoms with van der Waals surface area (Å²) in [6, 6.07) is 5.23. The van der Waals surface area contributed by atoms with Crippen molar-refractivity contribution >= 4 is 5.91 Å². The van der Waals surface area contributed by atoms with Crippen LogP contribution in [0.2, 0.25) is 0 Å². The Morgan fingerprint density at radius 2 is 2.05 bits per heavy atom. The summed E-state index contributed by atoms with van der Waals surface area (Å²) in [5, 5.41) is 2.80. The smallest absolute Gasteiger partial charge is 0.356 e. The van der Waals surface area contributed by atoms with Gasteiger partial charge in [0.05, 0.1) is 5.56 Å². The Morgan fingerprint density at radius 3 is 2.79 bits per heavy atom. The molecular weight excluding hydrogens is 255 g/mol. The summed E-state index contributed by atoms with van der Waals surface area (Å²) >= 11 is 0. The maximum atomic E-state index is 12.6. The van der Waals surface area contributed by atoms with E-state index in [0.717, 1.165) is 31.4 Å². The number of hydrogen-bond acceptors (Lipinski definition) is 1. The van der Waals surface area contributed by atoms with E-state index in [1.165, 1.54) is 6.07 Å². The number of rotatable bonds is 2. The van der Waals surface area contributed by atoms with Crippen molar-refractivity contribution in [2.45, 2.75) is 31.9 Å². The zero-order chi connectivity index (χ0) is 13.9. The first-order chi connectivity index (χ1) is 8.97. The molecule has 1 saturated heterocycles. The molecule has 2 nitrogen and oxygen atoms in total. The van der Waals surface area contributed by atoms with Crippen LogP contribution in [0, 0.1) is 5.92 Å². The number of halogens is 3. The lowest BCUT2D eigenvalue weighted by atomic mass is 9.93. The molecule has 1 heterocycles. The third-order valence-corrected chi connectivity index (χ3v) is 3.39. The normalized spacial score (nSPS) is 20.8. The molecule has 0 saturated carbocycles. The van der Waals surface area contributed by atoms with Gasteiger partial charge in [-0.15, -0.1) is 0 Å². The minimum atomic E-state index is -4.33. The number of carbonyl (C=O) groups excluding carboxylic acids is 1. The van der Waals surface area contributed by atoms with Gasteiger partial charge in [0, 0.05) is 12.5 Å². The van der Waals surface area contributed by atoms with Gasteiger partial charge in [0.2, 0.25) is 5.91 Å². The summed E-state index contributed by atoms with van der Waals surface area (Å²) in [4.78, 5) is 11.8. The topological polar surface area (TPSA) is 29.1 Å². The van der Waals surface area contributed by atoms with E-state index in [1.807, 2.05) is 0 Å². The third-order valence-electron chi connectivity index (χ3n) is 3.39. The molecule has 0 aliphatic carbocycles. The highest BCUT2D eigenvalue weighted by molar-refractivity contribution is 5.79. The van der Waals surface area contributed by atoms with Crippen molar-refractivity contribution < 1.29 is 18.0 Å².